The van der Waals surface area contributed by atoms with Crippen LogP contribution in [-0.4, -0.2) is 15.0 Å². The molecule has 1 aromatic rings. The van der Waals surface area contributed by atoms with Gasteiger partial charge in [-0.2, -0.15) is 9.97 Å². The summed E-state index contributed by atoms with van der Waals surface area (Å²) in [4.78, 5) is 12.8. The van der Waals surface area contributed by atoms with Crippen molar-refractivity contribution in [1.29, 1.82) is 0 Å². The first-order valence-corrected chi connectivity index (χ1v) is 7.78. The fraction of sp³-hybridized carbons (Fsp3) is 0.211. The summed E-state index contributed by atoms with van der Waals surface area (Å²) in [6, 6.07) is 0. The van der Waals surface area contributed by atoms with Crippen molar-refractivity contribution >= 4 is 22.7 Å². The number of nitrogens with zero attached hydrogens (tertiary/aromatic N) is 3. The first kappa shape index (κ1) is 20.7. The number of allylic oxidation sites excluding steroid dienone is 8. The van der Waals surface area contributed by atoms with Gasteiger partial charge < -0.3 is 0 Å². The molecule has 0 radical (unpaired) electrons. The van der Waals surface area contributed by atoms with Crippen molar-refractivity contribution in [2.75, 3.05) is 0 Å². The van der Waals surface area contributed by atoms with Gasteiger partial charge in [0.2, 0.25) is 5.28 Å². The summed E-state index contributed by atoms with van der Waals surface area (Å²) in [6.07, 6.45) is 13.1. The molecule has 4 heteroatoms. The lowest BCUT2D eigenvalue weighted by Crippen LogP contribution is -2.01. The van der Waals surface area contributed by atoms with Gasteiger partial charge in [0.1, 0.15) is 0 Å². The molecule has 0 saturated carbocycles. The van der Waals surface area contributed by atoms with Crippen molar-refractivity contribution in [3.8, 4) is 0 Å². The van der Waals surface area contributed by atoms with Crippen LogP contribution in [0.5, 0.6) is 0 Å². The summed E-state index contributed by atoms with van der Waals surface area (Å²) in [5, 5.41) is 0.158. The standard InChI is InChI=1S/C17H20ClN3.C2H4/c1-5-9-10-12-14(8-4)16-19-15(20-17(18)21-16)13(7-3)11-6-2;1-2/h7-12H,3-6H2,1-2H3;1-2H2/b10-9-,13-11+,14-12+;. The number of halogens is 1. The van der Waals surface area contributed by atoms with Crippen LogP contribution in [0.15, 0.2) is 62.8 Å². The minimum atomic E-state index is 0.158. The van der Waals surface area contributed by atoms with Gasteiger partial charge in [-0.15, -0.1) is 13.2 Å². The second-order valence-corrected chi connectivity index (χ2v) is 4.52. The van der Waals surface area contributed by atoms with Gasteiger partial charge in [0.05, 0.1) is 0 Å². The van der Waals surface area contributed by atoms with Crippen LogP contribution in [0.2, 0.25) is 5.28 Å². The molecule has 0 N–H and O–H groups in total. The second-order valence-electron chi connectivity index (χ2n) is 4.19. The number of hydrogen-bond acceptors (Lipinski definition) is 3. The lowest BCUT2D eigenvalue weighted by Gasteiger charge is -2.05. The number of aromatic nitrogens is 3. The van der Waals surface area contributed by atoms with E-state index in [9.17, 15) is 0 Å². The largest absolute Gasteiger partial charge is 0.226 e. The maximum Gasteiger partial charge on any atom is 0.226 e. The summed E-state index contributed by atoms with van der Waals surface area (Å²) in [5.41, 5.74) is 1.64. The van der Waals surface area contributed by atoms with Gasteiger partial charge in [0.15, 0.2) is 11.6 Å². The van der Waals surface area contributed by atoms with Crippen molar-refractivity contribution in [3.63, 3.8) is 0 Å². The molecule has 0 saturated heterocycles. The van der Waals surface area contributed by atoms with Gasteiger partial charge in [-0.3, -0.25) is 0 Å². The maximum absolute atomic E-state index is 6.01. The summed E-state index contributed by atoms with van der Waals surface area (Å²) in [7, 11) is 0. The van der Waals surface area contributed by atoms with Gasteiger partial charge in [-0.05, 0) is 24.4 Å². The van der Waals surface area contributed by atoms with Crippen LogP contribution in [0, 0.1) is 0 Å². The van der Waals surface area contributed by atoms with E-state index in [4.69, 9.17) is 11.6 Å². The Morgan fingerprint density at radius 2 is 1.52 bits per heavy atom. The molecule has 122 valence electrons. The van der Waals surface area contributed by atoms with E-state index in [0.29, 0.717) is 11.6 Å². The van der Waals surface area contributed by atoms with Gasteiger partial charge in [-0.25, -0.2) is 4.98 Å². The van der Waals surface area contributed by atoms with E-state index in [1.165, 1.54) is 0 Å². The third-order valence-corrected chi connectivity index (χ3v) is 2.80. The van der Waals surface area contributed by atoms with Crippen LogP contribution in [0.25, 0.3) is 11.1 Å². The highest BCUT2D eigenvalue weighted by Crippen LogP contribution is 2.18. The number of hydrogen-bond donors (Lipinski definition) is 0. The fourth-order valence-corrected chi connectivity index (χ4v) is 1.80. The zero-order valence-corrected chi connectivity index (χ0v) is 14.7. The Bertz CT molecular complexity index is 613. The molecule has 1 rings (SSSR count). The third-order valence-electron chi connectivity index (χ3n) is 2.64. The second kappa shape index (κ2) is 12.3. The lowest BCUT2D eigenvalue weighted by atomic mass is 10.2. The van der Waals surface area contributed by atoms with Gasteiger partial charge in [0, 0.05) is 11.1 Å². The summed E-state index contributed by atoms with van der Waals surface area (Å²) in [6.45, 7) is 17.7. The minimum absolute atomic E-state index is 0.158. The first-order chi connectivity index (χ1) is 11.2. The molecule has 0 aromatic carbocycles. The van der Waals surface area contributed by atoms with E-state index in [-0.39, 0.29) is 5.28 Å². The van der Waals surface area contributed by atoms with Crippen molar-refractivity contribution < 1.29 is 0 Å². The first-order valence-electron chi connectivity index (χ1n) is 7.40. The molecule has 0 aliphatic carbocycles. The van der Waals surface area contributed by atoms with Crippen LogP contribution in [0.3, 0.4) is 0 Å². The third kappa shape index (κ3) is 7.02. The van der Waals surface area contributed by atoms with Gasteiger partial charge >= 0.3 is 0 Å². The smallest absolute Gasteiger partial charge is 0.208 e. The molecule has 0 unspecified atom stereocenters. The highest BCUT2D eigenvalue weighted by molar-refractivity contribution is 6.28. The van der Waals surface area contributed by atoms with Crippen LogP contribution in [-0.2, 0) is 0 Å². The zero-order valence-electron chi connectivity index (χ0n) is 13.9. The summed E-state index contributed by atoms with van der Waals surface area (Å²) < 4.78 is 0. The van der Waals surface area contributed by atoms with Crippen molar-refractivity contribution in [2.24, 2.45) is 0 Å². The van der Waals surface area contributed by atoms with Crippen LogP contribution < -0.4 is 0 Å². The molecule has 1 aromatic heterocycles. The normalized spacial score (nSPS) is 11.8. The van der Waals surface area contributed by atoms with Crippen LogP contribution in [0.4, 0.5) is 0 Å². The van der Waals surface area contributed by atoms with Gasteiger partial charge in [0.25, 0.3) is 0 Å². The highest BCUT2D eigenvalue weighted by atomic mass is 35.5. The Labute approximate surface area is 144 Å². The van der Waals surface area contributed by atoms with E-state index in [1.54, 1.807) is 12.2 Å². The molecule has 1 heterocycles. The Morgan fingerprint density at radius 1 is 0.957 bits per heavy atom. The monoisotopic (exact) mass is 329 g/mol. The Morgan fingerprint density at radius 3 is 2.00 bits per heavy atom. The molecule has 0 aliphatic rings. The molecule has 0 fully saturated rings. The Kier molecular flexibility index (Phi) is 11.1. The number of rotatable bonds is 7. The van der Waals surface area contributed by atoms with Crippen molar-refractivity contribution in [2.45, 2.75) is 26.7 Å². The van der Waals surface area contributed by atoms with E-state index >= 15 is 0 Å². The molecule has 3 nitrogen and oxygen atoms in total. The topological polar surface area (TPSA) is 38.7 Å². The fourth-order valence-electron chi connectivity index (χ4n) is 1.64. The van der Waals surface area contributed by atoms with Crippen molar-refractivity contribution in [1.82, 2.24) is 15.0 Å². The average Bonchev–Trinajstić information content (AvgIpc) is 2.58. The predicted octanol–water partition coefficient (Wildman–Crippen LogP) is 5.84. The van der Waals surface area contributed by atoms with Gasteiger partial charge in [-0.1, -0.05) is 63.5 Å². The molecule has 0 atom stereocenters. The minimum Gasteiger partial charge on any atom is -0.208 e. The molecule has 0 aliphatic heterocycles. The summed E-state index contributed by atoms with van der Waals surface area (Å²) in [5.74, 6) is 1.03. The maximum atomic E-state index is 6.01. The van der Waals surface area contributed by atoms with E-state index < -0.39 is 0 Å². The Hall–Kier alpha value is -2.26. The average molecular weight is 330 g/mol. The van der Waals surface area contributed by atoms with Crippen LogP contribution >= 0.6 is 11.6 Å². The Balaban J connectivity index is 0.00000232. The molecule has 23 heavy (non-hydrogen) atoms. The van der Waals surface area contributed by atoms with E-state index in [1.807, 2.05) is 31.2 Å². The van der Waals surface area contributed by atoms with E-state index in [2.05, 4.69) is 48.2 Å². The zero-order chi connectivity index (χ0) is 17.7. The lowest BCUT2D eigenvalue weighted by molar-refractivity contribution is 0.992. The SMILES string of the molecule is C=C.C=C/C(=C\C=C/CC)c1nc(Cl)nc(/C(C=C)=C/CC)n1. The summed E-state index contributed by atoms with van der Waals surface area (Å²) >= 11 is 6.01. The molecule has 0 bridgehead atoms. The van der Waals surface area contributed by atoms with Crippen molar-refractivity contribution in [3.05, 3.63) is 79.7 Å². The predicted molar refractivity (Wildman–Crippen MR) is 102 cm³/mol. The van der Waals surface area contributed by atoms with E-state index in [0.717, 1.165) is 24.0 Å². The highest BCUT2D eigenvalue weighted by Gasteiger charge is 2.09. The quantitative estimate of drug-likeness (QED) is 0.465. The van der Waals surface area contributed by atoms with Crippen LogP contribution in [0.1, 0.15) is 38.3 Å². The molecular weight excluding hydrogens is 306 g/mol. The molecule has 0 amide bonds. The molecular formula is C19H24ClN3. The molecule has 0 spiro atoms.